The molecular weight excluding hydrogens is 439 g/mol. The number of hydrazone groups is 1. The number of nitrogens with one attached hydrogen (secondary N) is 2. The van der Waals surface area contributed by atoms with Crippen LogP contribution in [0.4, 0.5) is 5.82 Å². The molecule has 0 unspecified atom stereocenters. The van der Waals surface area contributed by atoms with Gasteiger partial charge in [-0.25, -0.2) is 10.4 Å². The number of hydrogen-bond donors (Lipinski definition) is 2. The van der Waals surface area contributed by atoms with E-state index in [1.807, 2.05) is 0 Å². The molecule has 0 atom stereocenters. The zero-order chi connectivity index (χ0) is 22.0. The SMILES string of the molecule is Cc1c(C(=O)Nc2ccccn2)oc2c1/C(=N/NC(=O)c1ccc(Cl)cc1Cl)CCC2. The van der Waals surface area contributed by atoms with Gasteiger partial charge >= 0.3 is 0 Å². The number of carbonyl (C=O) groups is 2. The lowest BCUT2D eigenvalue weighted by Gasteiger charge is -2.13. The Kier molecular flexibility index (Phi) is 6.06. The number of aromatic nitrogens is 1. The Hall–Kier alpha value is -3.16. The first-order valence-corrected chi connectivity index (χ1v) is 10.4. The summed E-state index contributed by atoms with van der Waals surface area (Å²) in [5, 5.41) is 7.71. The summed E-state index contributed by atoms with van der Waals surface area (Å²) in [5.74, 6) is 0.476. The van der Waals surface area contributed by atoms with Crippen molar-refractivity contribution in [1.29, 1.82) is 0 Å². The van der Waals surface area contributed by atoms with E-state index in [0.29, 0.717) is 40.7 Å². The molecule has 1 aromatic carbocycles. The molecule has 2 N–H and O–H groups in total. The van der Waals surface area contributed by atoms with Gasteiger partial charge in [0.2, 0.25) is 0 Å². The fourth-order valence-electron chi connectivity index (χ4n) is 3.46. The third-order valence-corrected chi connectivity index (χ3v) is 5.45. The molecule has 0 saturated carbocycles. The minimum Gasteiger partial charge on any atom is -0.455 e. The van der Waals surface area contributed by atoms with Gasteiger partial charge in [0.1, 0.15) is 11.6 Å². The van der Waals surface area contributed by atoms with Gasteiger partial charge in [-0.3, -0.25) is 9.59 Å². The number of furan rings is 1. The van der Waals surface area contributed by atoms with E-state index in [1.165, 1.54) is 12.1 Å². The fourth-order valence-corrected chi connectivity index (χ4v) is 3.95. The van der Waals surface area contributed by atoms with Crippen LogP contribution in [0.15, 0.2) is 52.1 Å². The molecule has 4 rings (SSSR count). The Morgan fingerprint density at radius 1 is 1.13 bits per heavy atom. The van der Waals surface area contributed by atoms with Crippen LogP contribution in [-0.4, -0.2) is 22.5 Å². The highest BCUT2D eigenvalue weighted by molar-refractivity contribution is 6.36. The number of pyridine rings is 1. The molecule has 158 valence electrons. The van der Waals surface area contributed by atoms with Gasteiger partial charge in [0.25, 0.3) is 11.8 Å². The van der Waals surface area contributed by atoms with Crippen molar-refractivity contribution in [3.05, 3.63) is 80.9 Å². The lowest BCUT2D eigenvalue weighted by Crippen LogP contribution is -2.22. The third kappa shape index (κ3) is 4.47. The minimum atomic E-state index is -0.449. The van der Waals surface area contributed by atoms with E-state index in [0.717, 1.165) is 12.0 Å². The quantitative estimate of drug-likeness (QED) is 0.538. The van der Waals surface area contributed by atoms with Crippen molar-refractivity contribution in [2.75, 3.05) is 5.32 Å². The van der Waals surface area contributed by atoms with Gasteiger partial charge in [-0.15, -0.1) is 0 Å². The summed E-state index contributed by atoms with van der Waals surface area (Å²) in [6, 6.07) is 9.86. The van der Waals surface area contributed by atoms with Gasteiger partial charge in [0, 0.05) is 28.8 Å². The number of halogens is 2. The second kappa shape index (κ2) is 8.91. The number of amides is 2. The van der Waals surface area contributed by atoms with Crippen LogP contribution in [0.1, 0.15) is 50.6 Å². The Labute approximate surface area is 188 Å². The third-order valence-electron chi connectivity index (χ3n) is 4.91. The number of fused-ring (bicyclic) bond motifs is 1. The van der Waals surface area contributed by atoms with Gasteiger partial charge < -0.3 is 9.73 Å². The molecule has 0 aliphatic heterocycles. The van der Waals surface area contributed by atoms with Crippen molar-refractivity contribution in [2.45, 2.75) is 26.2 Å². The summed E-state index contributed by atoms with van der Waals surface area (Å²) in [5.41, 5.74) is 4.88. The first-order valence-electron chi connectivity index (χ1n) is 9.61. The Morgan fingerprint density at radius 2 is 1.97 bits per heavy atom. The first kappa shape index (κ1) is 21.1. The molecule has 7 nitrogen and oxygen atoms in total. The molecule has 0 spiro atoms. The van der Waals surface area contributed by atoms with Crippen LogP contribution in [0.5, 0.6) is 0 Å². The largest absolute Gasteiger partial charge is 0.455 e. The van der Waals surface area contributed by atoms with Crippen LogP contribution in [0.25, 0.3) is 0 Å². The molecule has 0 saturated heterocycles. The zero-order valence-electron chi connectivity index (χ0n) is 16.5. The van der Waals surface area contributed by atoms with Gasteiger partial charge in [0.05, 0.1) is 16.3 Å². The average Bonchev–Trinajstić information content (AvgIpc) is 3.10. The summed E-state index contributed by atoms with van der Waals surface area (Å²) in [6.07, 6.45) is 3.71. The van der Waals surface area contributed by atoms with E-state index >= 15 is 0 Å². The van der Waals surface area contributed by atoms with Crippen molar-refractivity contribution in [3.63, 3.8) is 0 Å². The minimum absolute atomic E-state index is 0.206. The monoisotopic (exact) mass is 456 g/mol. The van der Waals surface area contributed by atoms with Crippen LogP contribution < -0.4 is 10.7 Å². The highest BCUT2D eigenvalue weighted by Gasteiger charge is 2.28. The van der Waals surface area contributed by atoms with E-state index in [4.69, 9.17) is 27.6 Å². The van der Waals surface area contributed by atoms with E-state index in [1.54, 1.807) is 37.4 Å². The van der Waals surface area contributed by atoms with Crippen LogP contribution in [0.3, 0.4) is 0 Å². The van der Waals surface area contributed by atoms with Crippen LogP contribution >= 0.6 is 23.2 Å². The molecule has 2 aromatic heterocycles. The molecule has 0 radical (unpaired) electrons. The second-order valence-electron chi connectivity index (χ2n) is 7.00. The van der Waals surface area contributed by atoms with E-state index in [2.05, 4.69) is 20.8 Å². The first-order chi connectivity index (χ1) is 14.9. The number of rotatable bonds is 4. The smallest absolute Gasteiger partial charge is 0.292 e. The molecule has 0 bridgehead atoms. The van der Waals surface area contributed by atoms with Crippen molar-refractivity contribution >= 4 is 46.5 Å². The summed E-state index contributed by atoms with van der Waals surface area (Å²) in [6.45, 7) is 1.80. The molecule has 2 heterocycles. The summed E-state index contributed by atoms with van der Waals surface area (Å²) >= 11 is 12.0. The van der Waals surface area contributed by atoms with Crippen LogP contribution in [-0.2, 0) is 6.42 Å². The molecule has 0 fully saturated rings. The number of aryl methyl sites for hydroxylation is 1. The summed E-state index contributed by atoms with van der Waals surface area (Å²) in [4.78, 5) is 29.3. The van der Waals surface area contributed by atoms with Crippen LogP contribution in [0.2, 0.25) is 10.0 Å². The number of carbonyl (C=O) groups excluding carboxylic acids is 2. The van der Waals surface area contributed by atoms with E-state index < -0.39 is 5.91 Å². The molecular formula is C22H18Cl2N4O3. The average molecular weight is 457 g/mol. The van der Waals surface area contributed by atoms with Gasteiger partial charge in [-0.05, 0) is 50.1 Å². The number of hydrogen-bond acceptors (Lipinski definition) is 5. The normalized spacial score (nSPS) is 14.2. The van der Waals surface area contributed by atoms with Crippen molar-refractivity contribution < 1.29 is 14.0 Å². The number of benzene rings is 1. The maximum Gasteiger partial charge on any atom is 0.292 e. The molecule has 1 aliphatic rings. The van der Waals surface area contributed by atoms with E-state index in [9.17, 15) is 9.59 Å². The maximum atomic E-state index is 12.7. The second-order valence-corrected chi connectivity index (χ2v) is 7.84. The summed E-state index contributed by atoms with van der Waals surface area (Å²) in [7, 11) is 0. The predicted molar refractivity (Wildman–Crippen MR) is 119 cm³/mol. The zero-order valence-corrected chi connectivity index (χ0v) is 18.0. The predicted octanol–water partition coefficient (Wildman–Crippen LogP) is 5.01. The molecule has 3 aromatic rings. The number of anilines is 1. The lowest BCUT2D eigenvalue weighted by molar-refractivity contribution is 0.0953. The lowest BCUT2D eigenvalue weighted by atomic mass is 9.93. The number of nitrogens with zero attached hydrogens (tertiary/aromatic N) is 2. The standard InChI is InChI=1S/C22H18Cl2N4O3/c1-12-19-16(27-28-21(29)14-9-8-13(23)11-15(14)24)5-4-6-17(19)31-20(12)22(30)26-18-7-2-3-10-25-18/h2-3,7-11H,4-6H2,1H3,(H,28,29)(H,25,26,30)/b27-16+. The Morgan fingerprint density at radius 3 is 2.71 bits per heavy atom. The van der Waals surface area contributed by atoms with Gasteiger partial charge in [-0.1, -0.05) is 29.3 Å². The molecule has 1 aliphatic carbocycles. The molecule has 2 amide bonds. The van der Waals surface area contributed by atoms with Gasteiger partial charge in [0.15, 0.2) is 5.76 Å². The molecule has 9 heteroatoms. The highest BCUT2D eigenvalue weighted by atomic mass is 35.5. The van der Waals surface area contributed by atoms with Crippen molar-refractivity contribution in [2.24, 2.45) is 5.10 Å². The van der Waals surface area contributed by atoms with Crippen molar-refractivity contribution in [1.82, 2.24) is 10.4 Å². The Balaban J connectivity index is 1.57. The maximum absolute atomic E-state index is 12.7. The summed E-state index contributed by atoms with van der Waals surface area (Å²) < 4.78 is 5.86. The van der Waals surface area contributed by atoms with Gasteiger partial charge in [-0.2, -0.15) is 5.10 Å². The fraction of sp³-hybridized carbons (Fsp3) is 0.182. The topological polar surface area (TPSA) is 96.6 Å². The van der Waals surface area contributed by atoms with E-state index in [-0.39, 0.29) is 22.3 Å². The van der Waals surface area contributed by atoms with Crippen molar-refractivity contribution in [3.8, 4) is 0 Å². The highest BCUT2D eigenvalue weighted by Crippen LogP contribution is 2.30. The Bertz CT molecular complexity index is 1190. The van der Waals surface area contributed by atoms with Crippen LogP contribution in [0, 0.1) is 6.92 Å². The molecule has 31 heavy (non-hydrogen) atoms.